The quantitative estimate of drug-likeness (QED) is 0.769. The van der Waals surface area contributed by atoms with Crippen LogP contribution in [0, 0.1) is 5.82 Å². The third-order valence-corrected chi connectivity index (χ3v) is 3.38. The van der Waals surface area contributed by atoms with Crippen molar-refractivity contribution >= 4 is 17.3 Å². The predicted octanol–water partition coefficient (Wildman–Crippen LogP) is 3.88. The van der Waals surface area contributed by atoms with E-state index in [-0.39, 0.29) is 5.02 Å². The summed E-state index contributed by atoms with van der Waals surface area (Å²) in [5.74, 6) is -0.453. The number of rotatable bonds is 4. The highest BCUT2D eigenvalue weighted by atomic mass is 35.5. The summed E-state index contributed by atoms with van der Waals surface area (Å²) in [6.45, 7) is 0.429. The van der Waals surface area contributed by atoms with E-state index in [1.165, 1.54) is 6.07 Å². The average molecular weight is 303 g/mol. The predicted molar refractivity (Wildman–Crippen MR) is 80.6 cm³/mol. The molecular formula is C15H12ClFN4. The van der Waals surface area contributed by atoms with Crippen molar-refractivity contribution in [2.24, 2.45) is 0 Å². The van der Waals surface area contributed by atoms with Gasteiger partial charge in [0.2, 0.25) is 0 Å². The molecule has 0 saturated carbocycles. The molecule has 0 bridgehead atoms. The Morgan fingerprint density at radius 2 is 2.10 bits per heavy atom. The highest BCUT2D eigenvalue weighted by Crippen LogP contribution is 2.24. The summed E-state index contributed by atoms with van der Waals surface area (Å²) in [6.07, 6.45) is 5.16. The third kappa shape index (κ3) is 2.87. The van der Waals surface area contributed by atoms with E-state index < -0.39 is 5.82 Å². The summed E-state index contributed by atoms with van der Waals surface area (Å²) in [5, 5.41) is 10.1. The first-order valence-electron chi connectivity index (χ1n) is 6.36. The van der Waals surface area contributed by atoms with Crippen LogP contribution in [-0.2, 0) is 6.54 Å². The van der Waals surface area contributed by atoms with Gasteiger partial charge >= 0.3 is 0 Å². The Labute approximate surface area is 126 Å². The van der Waals surface area contributed by atoms with E-state index in [1.807, 2.05) is 12.1 Å². The molecule has 0 aliphatic carbocycles. The number of aromatic nitrogens is 3. The minimum atomic E-state index is -0.453. The number of nitrogens with zero attached hydrogens (tertiary/aromatic N) is 2. The summed E-state index contributed by atoms with van der Waals surface area (Å²) in [6, 6.07) is 8.64. The maximum atomic E-state index is 13.8. The van der Waals surface area contributed by atoms with Gasteiger partial charge in [-0.25, -0.2) is 4.39 Å². The highest BCUT2D eigenvalue weighted by Gasteiger charge is 2.10. The van der Waals surface area contributed by atoms with Gasteiger partial charge in [0.25, 0.3) is 0 Å². The molecule has 1 aromatic carbocycles. The lowest BCUT2D eigenvalue weighted by Crippen LogP contribution is -2.02. The van der Waals surface area contributed by atoms with Crippen molar-refractivity contribution < 1.29 is 4.39 Å². The van der Waals surface area contributed by atoms with E-state index in [1.54, 1.807) is 30.7 Å². The molecule has 2 heterocycles. The molecule has 0 saturated heterocycles. The van der Waals surface area contributed by atoms with Crippen molar-refractivity contribution in [2.45, 2.75) is 6.54 Å². The van der Waals surface area contributed by atoms with Gasteiger partial charge in [0.05, 0.1) is 22.6 Å². The van der Waals surface area contributed by atoms with Crippen LogP contribution in [0.4, 0.5) is 10.1 Å². The number of H-pyrrole nitrogens is 1. The molecule has 3 rings (SSSR count). The molecule has 0 radical (unpaired) electrons. The van der Waals surface area contributed by atoms with Crippen molar-refractivity contribution in [3.8, 4) is 11.3 Å². The molecule has 21 heavy (non-hydrogen) atoms. The van der Waals surface area contributed by atoms with Gasteiger partial charge in [-0.05, 0) is 24.3 Å². The smallest absolute Gasteiger partial charge is 0.164 e. The van der Waals surface area contributed by atoms with E-state index >= 15 is 0 Å². The fourth-order valence-corrected chi connectivity index (χ4v) is 2.21. The van der Waals surface area contributed by atoms with Gasteiger partial charge in [-0.2, -0.15) is 5.10 Å². The van der Waals surface area contributed by atoms with Crippen LogP contribution in [0.3, 0.4) is 0 Å². The van der Waals surface area contributed by atoms with Gasteiger partial charge in [-0.3, -0.25) is 10.1 Å². The number of hydrogen-bond donors (Lipinski definition) is 2. The van der Waals surface area contributed by atoms with E-state index in [4.69, 9.17) is 11.6 Å². The Balaban J connectivity index is 1.81. The zero-order chi connectivity index (χ0) is 14.7. The molecule has 0 aliphatic heterocycles. The molecule has 2 aromatic heterocycles. The highest BCUT2D eigenvalue weighted by molar-refractivity contribution is 6.31. The summed E-state index contributed by atoms with van der Waals surface area (Å²) in [4.78, 5) is 4.08. The van der Waals surface area contributed by atoms with E-state index in [0.717, 1.165) is 16.8 Å². The average Bonchev–Trinajstić information content (AvgIpc) is 2.98. The maximum absolute atomic E-state index is 13.8. The zero-order valence-electron chi connectivity index (χ0n) is 11.0. The van der Waals surface area contributed by atoms with Gasteiger partial charge in [-0.1, -0.05) is 17.7 Å². The normalized spacial score (nSPS) is 10.6. The first kappa shape index (κ1) is 13.6. The molecule has 106 valence electrons. The lowest BCUT2D eigenvalue weighted by Gasteiger charge is -2.08. The van der Waals surface area contributed by atoms with E-state index in [0.29, 0.717) is 12.2 Å². The van der Waals surface area contributed by atoms with Crippen LogP contribution < -0.4 is 5.32 Å². The Morgan fingerprint density at radius 1 is 1.19 bits per heavy atom. The number of hydrogen-bond acceptors (Lipinski definition) is 3. The monoisotopic (exact) mass is 302 g/mol. The molecule has 0 spiro atoms. The number of benzene rings is 1. The van der Waals surface area contributed by atoms with Crippen LogP contribution in [0.5, 0.6) is 0 Å². The lowest BCUT2D eigenvalue weighted by molar-refractivity contribution is 0.630. The number of halogens is 2. The van der Waals surface area contributed by atoms with Crippen molar-refractivity contribution in [3.63, 3.8) is 0 Å². The Hall–Kier alpha value is -2.40. The summed E-state index contributed by atoms with van der Waals surface area (Å²) in [7, 11) is 0. The molecule has 3 aromatic rings. The standard InChI is InChI=1S/C15H12ClFN4/c16-12-4-1-5-13(14(12)17)19-8-11-9-20-21-15(11)10-3-2-6-18-7-10/h1-7,9,19H,8H2,(H,20,21). The fraction of sp³-hybridized carbons (Fsp3) is 0.0667. The summed E-state index contributed by atoms with van der Waals surface area (Å²) < 4.78 is 13.8. The van der Waals surface area contributed by atoms with Crippen LogP contribution in [0.2, 0.25) is 5.02 Å². The molecule has 0 amide bonds. The van der Waals surface area contributed by atoms with E-state index in [9.17, 15) is 4.39 Å². The van der Waals surface area contributed by atoms with Crippen molar-refractivity contribution in [2.75, 3.05) is 5.32 Å². The Morgan fingerprint density at radius 3 is 2.90 bits per heavy atom. The second-order valence-electron chi connectivity index (χ2n) is 4.47. The first-order chi connectivity index (χ1) is 10.3. The largest absolute Gasteiger partial charge is 0.378 e. The number of aromatic amines is 1. The lowest BCUT2D eigenvalue weighted by atomic mass is 10.1. The molecule has 4 nitrogen and oxygen atoms in total. The summed E-state index contributed by atoms with van der Waals surface area (Å²) >= 11 is 5.76. The topological polar surface area (TPSA) is 53.6 Å². The Kier molecular flexibility index (Phi) is 3.83. The minimum Gasteiger partial charge on any atom is -0.378 e. The van der Waals surface area contributed by atoms with Crippen molar-refractivity contribution in [1.29, 1.82) is 0 Å². The number of nitrogens with one attached hydrogen (secondary N) is 2. The van der Waals surface area contributed by atoms with Crippen LogP contribution >= 0.6 is 11.6 Å². The van der Waals surface area contributed by atoms with Crippen LogP contribution in [0.1, 0.15) is 5.56 Å². The SMILES string of the molecule is Fc1c(Cl)cccc1NCc1cn[nH]c1-c1cccnc1. The first-order valence-corrected chi connectivity index (χ1v) is 6.74. The number of pyridine rings is 1. The summed E-state index contributed by atoms with van der Waals surface area (Å²) in [5.41, 5.74) is 3.07. The molecule has 2 N–H and O–H groups in total. The van der Waals surface area contributed by atoms with Gasteiger partial charge < -0.3 is 5.32 Å². The van der Waals surface area contributed by atoms with E-state index in [2.05, 4.69) is 20.5 Å². The van der Waals surface area contributed by atoms with Crippen LogP contribution in [0.25, 0.3) is 11.3 Å². The van der Waals surface area contributed by atoms with Gasteiger partial charge in [0.1, 0.15) is 0 Å². The molecule has 0 atom stereocenters. The van der Waals surface area contributed by atoms with Crippen molar-refractivity contribution in [3.05, 3.63) is 65.3 Å². The molecule has 0 fully saturated rings. The van der Waals surface area contributed by atoms with Gasteiger partial charge in [-0.15, -0.1) is 0 Å². The zero-order valence-corrected chi connectivity index (χ0v) is 11.7. The molecule has 6 heteroatoms. The Bertz CT molecular complexity index is 742. The second kappa shape index (κ2) is 5.93. The molecular weight excluding hydrogens is 291 g/mol. The van der Waals surface area contributed by atoms with Crippen LogP contribution in [0.15, 0.2) is 48.9 Å². The van der Waals surface area contributed by atoms with Gasteiger partial charge in [0.15, 0.2) is 5.82 Å². The third-order valence-electron chi connectivity index (χ3n) is 3.09. The second-order valence-corrected chi connectivity index (χ2v) is 4.87. The molecule has 0 aliphatic rings. The number of anilines is 1. The van der Waals surface area contributed by atoms with Crippen molar-refractivity contribution in [1.82, 2.24) is 15.2 Å². The molecule has 0 unspecified atom stereocenters. The van der Waals surface area contributed by atoms with Crippen LogP contribution in [-0.4, -0.2) is 15.2 Å². The van der Waals surface area contributed by atoms with Gasteiger partial charge in [0, 0.05) is 30.1 Å². The fourth-order valence-electron chi connectivity index (χ4n) is 2.04. The maximum Gasteiger partial charge on any atom is 0.164 e. The minimum absolute atomic E-state index is 0.0969.